The van der Waals surface area contributed by atoms with Gasteiger partial charge in [-0.05, 0) is 18.6 Å². The molecule has 3 heteroatoms. The summed E-state index contributed by atoms with van der Waals surface area (Å²) < 4.78 is 7.10. The molecule has 0 saturated heterocycles. The highest BCUT2D eigenvalue weighted by Crippen LogP contribution is 2.13. The molecule has 2 aromatic rings. The van der Waals surface area contributed by atoms with E-state index in [1.54, 1.807) is 7.11 Å². The number of rotatable bonds is 2. The van der Waals surface area contributed by atoms with Crippen LogP contribution in [0.1, 0.15) is 12.6 Å². The number of methoxy groups -OCH3 is 1. The molecule has 0 aliphatic rings. The summed E-state index contributed by atoms with van der Waals surface area (Å²) in [7, 11) is 1.67. The molecule has 0 aromatic carbocycles. The van der Waals surface area contributed by atoms with E-state index in [1.807, 2.05) is 28.9 Å². The minimum absolute atomic E-state index is 0.854. The molecule has 68 valence electrons. The lowest BCUT2D eigenvalue weighted by molar-refractivity contribution is 0.412. The standard InChI is InChI=1S/C10H12N2O/c1-3-8-6-12-7-9(13-2)4-5-10(12)11-8/h4-7H,3H2,1-2H3. The largest absolute Gasteiger partial charge is 0.495 e. The van der Waals surface area contributed by atoms with E-state index in [0.717, 1.165) is 23.5 Å². The van der Waals surface area contributed by atoms with Crippen LogP contribution in [-0.4, -0.2) is 16.5 Å². The first-order chi connectivity index (χ1) is 6.33. The highest BCUT2D eigenvalue weighted by Gasteiger charge is 1.99. The van der Waals surface area contributed by atoms with Crippen LogP contribution in [0, 0.1) is 0 Å². The highest BCUT2D eigenvalue weighted by atomic mass is 16.5. The number of imidazole rings is 1. The number of aromatic nitrogens is 2. The normalized spacial score (nSPS) is 10.6. The molecular formula is C10H12N2O. The lowest BCUT2D eigenvalue weighted by Gasteiger charge is -1.98. The lowest BCUT2D eigenvalue weighted by atomic mass is 10.4. The van der Waals surface area contributed by atoms with Gasteiger partial charge in [-0.3, -0.25) is 0 Å². The van der Waals surface area contributed by atoms with Crippen molar-refractivity contribution in [3.63, 3.8) is 0 Å². The van der Waals surface area contributed by atoms with Crippen LogP contribution in [0.3, 0.4) is 0 Å². The van der Waals surface area contributed by atoms with Gasteiger partial charge in [-0.1, -0.05) is 6.92 Å². The van der Waals surface area contributed by atoms with Crippen LogP contribution >= 0.6 is 0 Å². The molecule has 0 unspecified atom stereocenters. The van der Waals surface area contributed by atoms with Crippen LogP contribution in [0.2, 0.25) is 0 Å². The molecule has 0 N–H and O–H groups in total. The van der Waals surface area contributed by atoms with Gasteiger partial charge >= 0.3 is 0 Å². The van der Waals surface area contributed by atoms with Crippen LogP contribution in [0.15, 0.2) is 24.5 Å². The van der Waals surface area contributed by atoms with E-state index in [4.69, 9.17) is 4.74 Å². The highest BCUT2D eigenvalue weighted by molar-refractivity contribution is 5.43. The number of ether oxygens (including phenoxy) is 1. The minimum atomic E-state index is 0.854. The molecule has 2 heterocycles. The first-order valence-electron chi connectivity index (χ1n) is 4.35. The molecule has 0 radical (unpaired) electrons. The van der Waals surface area contributed by atoms with Crippen molar-refractivity contribution in [3.8, 4) is 5.75 Å². The van der Waals surface area contributed by atoms with Gasteiger partial charge in [-0.2, -0.15) is 0 Å². The fraction of sp³-hybridized carbons (Fsp3) is 0.300. The number of hydrogen-bond donors (Lipinski definition) is 0. The van der Waals surface area contributed by atoms with Gasteiger partial charge in [0.25, 0.3) is 0 Å². The third-order valence-electron chi connectivity index (χ3n) is 2.07. The Morgan fingerprint density at radius 3 is 2.92 bits per heavy atom. The topological polar surface area (TPSA) is 26.5 Å². The molecule has 3 nitrogen and oxygen atoms in total. The summed E-state index contributed by atoms with van der Waals surface area (Å²) in [6.45, 7) is 2.10. The van der Waals surface area contributed by atoms with Gasteiger partial charge in [0, 0.05) is 6.20 Å². The molecule has 0 saturated carbocycles. The minimum Gasteiger partial charge on any atom is -0.495 e. The van der Waals surface area contributed by atoms with Gasteiger partial charge in [0.2, 0.25) is 0 Å². The zero-order valence-corrected chi connectivity index (χ0v) is 7.82. The quantitative estimate of drug-likeness (QED) is 0.698. The zero-order valence-electron chi connectivity index (χ0n) is 7.82. The van der Waals surface area contributed by atoms with Crippen molar-refractivity contribution in [2.45, 2.75) is 13.3 Å². The van der Waals surface area contributed by atoms with E-state index in [1.165, 1.54) is 0 Å². The van der Waals surface area contributed by atoms with Crippen molar-refractivity contribution in [2.24, 2.45) is 0 Å². The summed E-state index contributed by atoms with van der Waals surface area (Å²) in [6, 6.07) is 3.87. The van der Waals surface area contributed by atoms with Crippen molar-refractivity contribution >= 4 is 5.65 Å². The third-order valence-corrected chi connectivity index (χ3v) is 2.07. The molecule has 0 fully saturated rings. The molecule has 0 spiro atoms. The smallest absolute Gasteiger partial charge is 0.137 e. The van der Waals surface area contributed by atoms with Gasteiger partial charge in [-0.25, -0.2) is 4.98 Å². The summed E-state index contributed by atoms with van der Waals surface area (Å²) in [6.07, 6.45) is 4.92. The van der Waals surface area contributed by atoms with E-state index in [9.17, 15) is 0 Å². The Hall–Kier alpha value is -1.51. The second-order valence-electron chi connectivity index (χ2n) is 2.92. The van der Waals surface area contributed by atoms with Gasteiger partial charge in [-0.15, -0.1) is 0 Å². The van der Waals surface area contributed by atoms with Gasteiger partial charge in [0.1, 0.15) is 11.4 Å². The molecule has 0 amide bonds. The fourth-order valence-electron chi connectivity index (χ4n) is 1.32. The molecule has 13 heavy (non-hydrogen) atoms. The molecular weight excluding hydrogens is 164 g/mol. The molecule has 0 atom stereocenters. The van der Waals surface area contributed by atoms with Crippen molar-refractivity contribution in [1.82, 2.24) is 9.38 Å². The molecule has 0 aliphatic heterocycles. The summed E-state index contributed by atoms with van der Waals surface area (Å²) in [5, 5.41) is 0. The molecule has 2 rings (SSSR count). The summed E-state index contributed by atoms with van der Waals surface area (Å²) in [4.78, 5) is 4.41. The maximum atomic E-state index is 5.12. The molecule has 0 aliphatic carbocycles. The SMILES string of the molecule is CCc1cn2cc(OC)ccc2n1. The van der Waals surface area contributed by atoms with Crippen molar-refractivity contribution in [3.05, 3.63) is 30.2 Å². The Kier molecular flexibility index (Phi) is 1.93. The van der Waals surface area contributed by atoms with Crippen LogP contribution in [0.5, 0.6) is 5.75 Å². The van der Waals surface area contributed by atoms with E-state index >= 15 is 0 Å². The maximum absolute atomic E-state index is 5.12. The Morgan fingerprint density at radius 2 is 2.23 bits per heavy atom. The average molecular weight is 176 g/mol. The maximum Gasteiger partial charge on any atom is 0.137 e. The van der Waals surface area contributed by atoms with Gasteiger partial charge in [0.15, 0.2) is 0 Å². The van der Waals surface area contributed by atoms with E-state index in [-0.39, 0.29) is 0 Å². The van der Waals surface area contributed by atoms with Crippen LogP contribution in [-0.2, 0) is 6.42 Å². The van der Waals surface area contributed by atoms with Gasteiger partial charge in [0.05, 0.1) is 19.0 Å². The monoisotopic (exact) mass is 176 g/mol. The van der Waals surface area contributed by atoms with E-state index in [0.29, 0.717) is 0 Å². The second kappa shape index (κ2) is 3.09. The number of hydrogen-bond acceptors (Lipinski definition) is 2. The Bertz CT molecular complexity index is 418. The summed E-state index contributed by atoms with van der Waals surface area (Å²) in [5.74, 6) is 0.854. The zero-order chi connectivity index (χ0) is 9.26. The number of nitrogens with zero attached hydrogens (tertiary/aromatic N) is 2. The van der Waals surface area contributed by atoms with Crippen molar-refractivity contribution < 1.29 is 4.74 Å². The summed E-state index contributed by atoms with van der Waals surface area (Å²) >= 11 is 0. The first kappa shape index (κ1) is 8.10. The number of fused-ring (bicyclic) bond motifs is 1. The Balaban J connectivity index is 2.57. The second-order valence-corrected chi connectivity index (χ2v) is 2.92. The third kappa shape index (κ3) is 1.37. The van der Waals surface area contributed by atoms with Crippen LogP contribution < -0.4 is 4.74 Å². The summed E-state index contributed by atoms with van der Waals surface area (Å²) in [5.41, 5.74) is 2.07. The average Bonchev–Trinajstić information content (AvgIpc) is 2.58. The lowest BCUT2D eigenvalue weighted by Crippen LogP contribution is -1.86. The Labute approximate surface area is 77.0 Å². The predicted octanol–water partition coefficient (Wildman–Crippen LogP) is 1.91. The first-order valence-corrected chi connectivity index (χ1v) is 4.35. The Morgan fingerprint density at radius 1 is 1.38 bits per heavy atom. The molecule has 0 bridgehead atoms. The van der Waals surface area contributed by atoms with Crippen molar-refractivity contribution in [1.29, 1.82) is 0 Å². The number of aryl methyl sites for hydroxylation is 1. The van der Waals surface area contributed by atoms with Crippen LogP contribution in [0.25, 0.3) is 5.65 Å². The molecule has 2 aromatic heterocycles. The predicted molar refractivity (Wildman–Crippen MR) is 51.1 cm³/mol. The van der Waals surface area contributed by atoms with E-state index < -0.39 is 0 Å². The number of pyridine rings is 1. The van der Waals surface area contributed by atoms with Crippen LogP contribution in [0.4, 0.5) is 0 Å². The van der Waals surface area contributed by atoms with Gasteiger partial charge < -0.3 is 9.14 Å². The van der Waals surface area contributed by atoms with E-state index in [2.05, 4.69) is 11.9 Å². The van der Waals surface area contributed by atoms with Crippen molar-refractivity contribution in [2.75, 3.05) is 7.11 Å². The fourth-order valence-corrected chi connectivity index (χ4v) is 1.32.